The van der Waals surface area contributed by atoms with Crippen LogP contribution in [0.1, 0.15) is 0 Å². The van der Waals surface area contributed by atoms with E-state index in [1.807, 2.05) is 0 Å². The normalized spacial score (nSPS) is 11.3. The Balaban J connectivity index is 2.46. The molecular formula is C12H6O6. The minimum Gasteiger partial charge on any atom is -0.298 e. The van der Waals surface area contributed by atoms with Crippen LogP contribution in [0.5, 0.6) is 0 Å². The zero-order valence-corrected chi connectivity index (χ0v) is 8.91. The highest BCUT2D eigenvalue weighted by Crippen LogP contribution is 2.34. The first-order chi connectivity index (χ1) is 8.95. The van der Waals surface area contributed by atoms with Crippen LogP contribution < -0.4 is 0 Å². The summed E-state index contributed by atoms with van der Waals surface area (Å²) in [5.41, 5.74) is 0. The van der Waals surface area contributed by atoms with E-state index in [9.17, 15) is 0 Å². The Morgan fingerprint density at radius 1 is 0.333 bits per heavy atom. The van der Waals surface area contributed by atoms with Crippen molar-refractivity contribution < 1.29 is 27.5 Å². The van der Waals surface area contributed by atoms with Crippen molar-refractivity contribution in [3.8, 4) is 0 Å². The van der Waals surface area contributed by atoms with Gasteiger partial charge in [-0.05, 0) is 0 Å². The summed E-state index contributed by atoms with van der Waals surface area (Å²) >= 11 is 0. The Morgan fingerprint density at radius 2 is 0.500 bits per heavy atom. The zero-order valence-electron chi connectivity index (χ0n) is 8.91. The number of hydrogen-bond acceptors (Lipinski definition) is 6. The molecule has 0 aliphatic carbocycles. The summed E-state index contributed by atoms with van der Waals surface area (Å²) in [6.45, 7) is 0. The lowest BCUT2D eigenvalue weighted by molar-refractivity contribution is 0.0457. The Bertz CT molecular complexity index is 668. The van der Waals surface area contributed by atoms with Gasteiger partial charge in [-0.25, -0.2) is 0 Å². The predicted octanol–water partition coefficient (Wildman–Crippen LogP) is 4.39. The van der Waals surface area contributed by atoms with Crippen LogP contribution >= 0.6 is 0 Å². The van der Waals surface area contributed by atoms with Crippen molar-refractivity contribution in [1.82, 2.24) is 0 Å². The highest BCUT2D eigenvalue weighted by atomic mass is 17.0. The minimum absolute atomic E-state index is 0.824. The van der Waals surface area contributed by atoms with Crippen LogP contribution in [0.2, 0.25) is 0 Å². The molecule has 0 saturated heterocycles. The summed E-state index contributed by atoms with van der Waals surface area (Å²) in [5.74, 6) is 0. The molecule has 0 aliphatic rings. The molecule has 0 N–H and O–H groups in total. The number of benzene rings is 1. The molecule has 4 rings (SSSR count). The van der Waals surface area contributed by atoms with Gasteiger partial charge < -0.3 is 0 Å². The average Bonchev–Trinajstić information content (AvgIpc) is 2.48. The van der Waals surface area contributed by atoms with Crippen molar-refractivity contribution in [2.24, 2.45) is 0 Å². The van der Waals surface area contributed by atoms with Crippen LogP contribution in [0, 0.1) is 0 Å². The Hall–Kier alpha value is -2.76. The van der Waals surface area contributed by atoms with Gasteiger partial charge in [0.25, 0.3) is 0 Å². The second kappa shape index (κ2) is 3.36. The monoisotopic (exact) mass is 246 g/mol. The van der Waals surface area contributed by atoms with Gasteiger partial charge in [0.2, 0.25) is 0 Å². The maximum atomic E-state index is 4.85. The highest BCUT2D eigenvalue weighted by molar-refractivity contribution is 6.23. The molecule has 4 aromatic rings. The molecule has 0 fully saturated rings. The smallest absolute Gasteiger partial charge is 0.151 e. The van der Waals surface area contributed by atoms with Gasteiger partial charge in [-0.3, -0.25) is 27.5 Å². The van der Waals surface area contributed by atoms with Gasteiger partial charge in [0, 0.05) is 32.3 Å². The molecule has 0 spiro atoms. The molecule has 3 aromatic heterocycles. The van der Waals surface area contributed by atoms with E-state index >= 15 is 0 Å². The fourth-order valence-corrected chi connectivity index (χ4v) is 2.09. The van der Waals surface area contributed by atoms with Gasteiger partial charge in [-0.15, -0.1) is 0 Å². The fraction of sp³-hybridized carbons (Fsp3) is 0. The molecule has 0 atom stereocenters. The molecule has 0 bridgehead atoms. The SMILES string of the molecule is c1oocc2c1c1coocc1c1coocc21. The van der Waals surface area contributed by atoms with Crippen LogP contribution in [0.3, 0.4) is 0 Å². The second-order valence-electron chi connectivity index (χ2n) is 3.77. The molecule has 90 valence electrons. The van der Waals surface area contributed by atoms with Gasteiger partial charge in [-0.1, -0.05) is 0 Å². The maximum Gasteiger partial charge on any atom is 0.151 e. The van der Waals surface area contributed by atoms with Gasteiger partial charge in [0.1, 0.15) is 0 Å². The van der Waals surface area contributed by atoms with Crippen LogP contribution in [-0.4, -0.2) is 0 Å². The van der Waals surface area contributed by atoms with Crippen molar-refractivity contribution in [3.05, 3.63) is 37.6 Å². The third kappa shape index (κ3) is 1.11. The first-order valence-electron chi connectivity index (χ1n) is 5.15. The number of rotatable bonds is 0. The molecule has 18 heavy (non-hydrogen) atoms. The summed E-state index contributed by atoms with van der Waals surface area (Å²) in [6, 6.07) is 0. The minimum atomic E-state index is 0.824. The predicted molar refractivity (Wildman–Crippen MR) is 59.0 cm³/mol. The standard InChI is InChI=1S/C12H6O6/c1-7-8(2-14-13-1)10-4-17-18-6-12(10)11-5-16-15-3-9(7)11/h1-6H. The average molecular weight is 246 g/mol. The van der Waals surface area contributed by atoms with Crippen LogP contribution in [0.15, 0.2) is 65.0 Å². The molecule has 6 nitrogen and oxygen atoms in total. The maximum absolute atomic E-state index is 4.85. The molecule has 0 amide bonds. The summed E-state index contributed by atoms with van der Waals surface area (Å²) in [7, 11) is 0. The quantitative estimate of drug-likeness (QED) is 0.338. The first-order valence-corrected chi connectivity index (χ1v) is 5.15. The van der Waals surface area contributed by atoms with E-state index in [0.717, 1.165) is 32.3 Å². The van der Waals surface area contributed by atoms with Crippen molar-refractivity contribution >= 4 is 32.3 Å². The lowest BCUT2D eigenvalue weighted by Gasteiger charge is -2.04. The third-order valence-corrected chi connectivity index (χ3v) is 2.90. The molecule has 1 aromatic carbocycles. The molecule has 6 heteroatoms. The van der Waals surface area contributed by atoms with Crippen molar-refractivity contribution in [3.63, 3.8) is 0 Å². The number of hydrogen-bond donors (Lipinski definition) is 0. The fourth-order valence-electron chi connectivity index (χ4n) is 2.09. The van der Waals surface area contributed by atoms with Gasteiger partial charge >= 0.3 is 0 Å². The van der Waals surface area contributed by atoms with Crippen LogP contribution in [0.4, 0.5) is 0 Å². The summed E-state index contributed by atoms with van der Waals surface area (Å²) in [5, 5.41) is 4.94. The van der Waals surface area contributed by atoms with E-state index < -0.39 is 0 Å². The van der Waals surface area contributed by atoms with E-state index in [2.05, 4.69) is 0 Å². The summed E-state index contributed by atoms with van der Waals surface area (Å²) in [6.07, 6.45) is 8.98. The van der Waals surface area contributed by atoms with E-state index in [-0.39, 0.29) is 0 Å². The highest BCUT2D eigenvalue weighted by Gasteiger charge is 2.12. The molecule has 0 radical (unpaired) electrons. The number of fused-ring (bicyclic) bond motifs is 6. The second-order valence-corrected chi connectivity index (χ2v) is 3.77. The van der Waals surface area contributed by atoms with E-state index in [1.165, 1.54) is 37.6 Å². The Morgan fingerprint density at radius 3 is 0.667 bits per heavy atom. The Kier molecular flexibility index (Phi) is 1.74. The molecular weight excluding hydrogens is 240 g/mol. The van der Waals surface area contributed by atoms with Crippen LogP contribution in [-0.2, 0) is 0 Å². The molecule has 0 unspecified atom stereocenters. The lowest BCUT2D eigenvalue weighted by Crippen LogP contribution is -1.81. The van der Waals surface area contributed by atoms with E-state index in [4.69, 9.17) is 27.5 Å². The topological polar surface area (TPSA) is 78.8 Å². The van der Waals surface area contributed by atoms with Crippen LogP contribution in [0.25, 0.3) is 32.3 Å². The summed E-state index contributed by atoms with van der Waals surface area (Å²) < 4.78 is 29.1. The molecule has 0 saturated carbocycles. The van der Waals surface area contributed by atoms with E-state index in [1.54, 1.807) is 0 Å². The van der Waals surface area contributed by atoms with E-state index in [0.29, 0.717) is 0 Å². The molecule has 0 aliphatic heterocycles. The summed E-state index contributed by atoms with van der Waals surface area (Å²) in [4.78, 5) is 0. The van der Waals surface area contributed by atoms with Crippen molar-refractivity contribution in [2.45, 2.75) is 0 Å². The Labute approximate surface area is 98.1 Å². The van der Waals surface area contributed by atoms with Gasteiger partial charge in [0.05, 0.1) is 0 Å². The molecule has 3 heterocycles. The zero-order chi connectivity index (χ0) is 11.9. The largest absolute Gasteiger partial charge is 0.298 e. The lowest BCUT2D eigenvalue weighted by atomic mass is 10.0. The first kappa shape index (κ1) is 9.29. The van der Waals surface area contributed by atoms with Gasteiger partial charge in [-0.2, -0.15) is 0 Å². The third-order valence-electron chi connectivity index (χ3n) is 2.90. The van der Waals surface area contributed by atoms with Crippen molar-refractivity contribution in [1.29, 1.82) is 0 Å². The van der Waals surface area contributed by atoms with Gasteiger partial charge in [0.15, 0.2) is 37.6 Å². The van der Waals surface area contributed by atoms with Crippen molar-refractivity contribution in [2.75, 3.05) is 0 Å².